The van der Waals surface area contributed by atoms with Crippen LogP contribution in [-0.4, -0.2) is 54.2 Å². The van der Waals surface area contributed by atoms with Gasteiger partial charge in [0.1, 0.15) is 23.7 Å². The standard InChI is InChI=1S/C24H28N2O5/c1-30-21-5-3-2-4-17(21)8-11-24(29)26-13-12-22(20(27)15-26)31-18-9-6-16-7-10-23(28)25-19(16)14-18/h2-6,9,14,20,22,27H,7-8,10-13,15H2,1H3,(H,25,28)/t20-,22-/m1/s1. The third-order valence-corrected chi connectivity index (χ3v) is 5.94. The first kappa shape index (κ1) is 21.2. The van der Waals surface area contributed by atoms with Gasteiger partial charge < -0.3 is 24.8 Å². The zero-order valence-electron chi connectivity index (χ0n) is 17.7. The van der Waals surface area contributed by atoms with E-state index in [9.17, 15) is 14.7 Å². The Hall–Kier alpha value is -3.06. The van der Waals surface area contributed by atoms with Crippen molar-refractivity contribution in [2.45, 2.75) is 44.3 Å². The molecule has 0 aliphatic carbocycles. The molecule has 0 unspecified atom stereocenters. The highest BCUT2D eigenvalue weighted by atomic mass is 16.5. The Morgan fingerprint density at radius 2 is 2.06 bits per heavy atom. The number of hydrogen-bond donors (Lipinski definition) is 2. The molecule has 0 aromatic heterocycles. The summed E-state index contributed by atoms with van der Waals surface area (Å²) in [7, 11) is 1.62. The highest BCUT2D eigenvalue weighted by molar-refractivity contribution is 5.94. The fourth-order valence-electron chi connectivity index (χ4n) is 4.18. The molecule has 2 aromatic carbocycles. The smallest absolute Gasteiger partial charge is 0.224 e. The number of nitrogens with zero attached hydrogens (tertiary/aromatic N) is 1. The lowest BCUT2D eigenvalue weighted by molar-refractivity contribution is -0.137. The summed E-state index contributed by atoms with van der Waals surface area (Å²) >= 11 is 0. The topological polar surface area (TPSA) is 88.1 Å². The Morgan fingerprint density at radius 3 is 2.87 bits per heavy atom. The maximum Gasteiger partial charge on any atom is 0.224 e. The number of fused-ring (bicyclic) bond motifs is 1. The van der Waals surface area contributed by atoms with Crippen LogP contribution in [0.2, 0.25) is 0 Å². The van der Waals surface area contributed by atoms with Gasteiger partial charge in [0, 0.05) is 37.6 Å². The molecule has 0 saturated carbocycles. The van der Waals surface area contributed by atoms with Gasteiger partial charge >= 0.3 is 0 Å². The van der Waals surface area contributed by atoms with E-state index in [-0.39, 0.29) is 18.4 Å². The molecule has 7 nitrogen and oxygen atoms in total. The average Bonchev–Trinajstić information content (AvgIpc) is 2.78. The lowest BCUT2D eigenvalue weighted by Gasteiger charge is -2.36. The second-order valence-electron chi connectivity index (χ2n) is 8.03. The first-order valence-electron chi connectivity index (χ1n) is 10.7. The average molecular weight is 424 g/mol. The third kappa shape index (κ3) is 4.99. The van der Waals surface area contributed by atoms with E-state index in [1.54, 1.807) is 12.0 Å². The summed E-state index contributed by atoms with van der Waals surface area (Å²) in [6.45, 7) is 0.783. The van der Waals surface area contributed by atoms with Crippen molar-refractivity contribution in [2.24, 2.45) is 0 Å². The molecule has 2 aromatic rings. The number of carbonyl (C=O) groups excluding carboxylic acids is 2. The van der Waals surface area contributed by atoms with Gasteiger partial charge in [-0.05, 0) is 36.1 Å². The van der Waals surface area contributed by atoms with Crippen LogP contribution in [0.1, 0.15) is 30.4 Å². The quantitative estimate of drug-likeness (QED) is 0.744. The molecule has 2 atom stereocenters. The van der Waals surface area contributed by atoms with Gasteiger partial charge in [-0.2, -0.15) is 0 Å². The Kier molecular flexibility index (Phi) is 6.42. The van der Waals surface area contributed by atoms with E-state index in [4.69, 9.17) is 9.47 Å². The van der Waals surface area contributed by atoms with Crippen LogP contribution in [-0.2, 0) is 22.4 Å². The van der Waals surface area contributed by atoms with E-state index < -0.39 is 12.2 Å². The molecule has 31 heavy (non-hydrogen) atoms. The normalized spacial score (nSPS) is 20.6. The van der Waals surface area contributed by atoms with Gasteiger partial charge in [-0.1, -0.05) is 24.3 Å². The minimum Gasteiger partial charge on any atom is -0.496 e. The third-order valence-electron chi connectivity index (χ3n) is 5.94. The molecule has 1 fully saturated rings. The van der Waals surface area contributed by atoms with Crippen LogP contribution in [0.25, 0.3) is 0 Å². The van der Waals surface area contributed by atoms with Crippen molar-refractivity contribution in [1.82, 2.24) is 4.90 Å². The molecule has 7 heteroatoms. The summed E-state index contributed by atoms with van der Waals surface area (Å²) in [5, 5.41) is 13.5. The monoisotopic (exact) mass is 424 g/mol. The Balaban J connectivity index is 1.31. The number of aliphatic hydroxyl groups excluding tert-OH is 1. The molecular weight excluding hydrogens is 396 g/mol. The summed E-state index contributed by atoms with van der Waals surface area (Å²) in [5.41, 5.74) is 2.85. The number of β-amino-alcohol motifs (C(OH)–C–C–N with tert-alkyl or cyclic N) is 1. The predicted molar refractivity (Wildman–Crippen MR) is 116 cm³/mol. The summed E-state index contributed by atoms with van der Waals surface area (Å²) in [6.07, 6.45) is 1.56. The predicted octanol–water partition coefficient (Wildman–Crippen LogP) is 2.55. The van der Waals surface area contributed by atoms with Crippen LogP contribution >= 0.6 is 0 Å². The number of likely N-dealkylation sites (tertiary alicyclic amines) is 1. The highest BCUT2D eigenvalue weighted by Gasteiger charge is 2.31. The summed E-state index contributed by atoms with van der Waals surface area (Å²) in [4.78, 5) is 26.0. The van der Waals surface area contributed by atoms with Crippen LogP contribution in [0.15, 0.2) is 42.5 Å². The zero-order valence-corrected chi connectivity index (χ0v) is 17.7. The number of anilines is 1. The molecule has 2 aliphatic heterocycles. The number of piperidine rings is 1. The van der Waals surface area contributed by atoms with E-state index in [0.29, 0.717) is 38.0 Å². The van der Waals surface area contributed by atoms with E-state index in [0.717, 1.165) is 29.0 Å². The fraction of sp³-hybridized carbons (Fsp3) is 0.417. The second kappa shape index (κ2) is 9.39. The van der Waals surface area contributed by atoms with E-state index in [1.165, 1.54) is 0 Å². The van der Waals surface area contributed by atoms with Crippen molar-refractivity contribution in [3.63, 3.8) is 0 Å². The minimum absolute atomic E-state index is 0.00429. The van der Waals surface area contributed by atoms with E-state index in [2.05, 4.69) is 5.32 Å². The SMILES string of the molecule is COc1ccccc1CCC(=O)N1CC[C@@H](Oc2ccc3c(c2)NC(=O)CC3)[C@H](O)C1. The lowest BCUT2D eigenvalue weighted by Crippen LogP contribution is -2.51. The Morgan fingerprint density at radius 1 is 1.23 bits per heavy atom. The maximum atomic E-state index is 12.7. The summed E-state index contributed by atoms with van der Waals surface area (Å²) in [6, 6.07) is 13.3. The van der Waals surface area contributed by atoms with Gasteiger partial charge in [-0.15, -0.1) is 0 Å². The maximum absolute atomic E-state index is 12.7. The number of carbonyl (C=O) groups is 2. The molecule has 1 saturated heterocycles. The number of methoxy groups -OCH3 is 1. The molecular formula is C24H28N2O5. The first-order chi connectivity index (χ1) is 15.0. The Bertz CT molecular complexity index is 961. The first-order valence-corrected chi connectivity index (χ1v) is 10.7. The molecule has 2 amide bonds. The number of aliphatic hydroxyl groups is 1. The highest BCUT2D eigenvalue weighted by Crippen LogP contribution is 2.29. The zero-order chi connectivity index (χ0) is 21.8. The fourth-order valence-corrected chi connectivity index (χ4v) is 4.18. The van der Waals surface area contributed by atoms with Crippen LogP contribution in [0.3, 0.4) is 0 Å². The number of rotatable bonds is 6. The molecule has 4 rings (SSSR count). The van der Waals surface area contributed by atoms with Crippen LogP contribution < -0.4 is 14.8 Å². The van der Waals surface area contributed by atoms with Crippen molar-refractivity contribution < 1.29 is 24.2 Å². The molecule has 2 aliphatic rings. The molecule has 2 heterocycles. The van der Waals surface area contributed by atoms with E-state index in [1.807, 2.05) is 42.5 Å². The van der Waals surface area contributed by atoms with Crippen LogP contribution in [0, 0.1) is 0 Å². The molecule has 0 radical (unpaired) electrons. The lowest BCUT2D eigenvalue weighted by atomic mass is 10.0. The van der Waals surface area contributed by atoms with Crippen molar-refractivity contribution in [2.75, 3.05) is 25.5 Å². The van der Waals surface area contributed by atoms with Gasteiger partial charge in [-0.3, -0.25) is 9.59 Å². The minimum atomic E-state index is -0.769. The largest absolute Gasteiger partial charge is 0.496 e. The number of benzene rings is 2. The van der Waals surface area contributed by atoms with Crippen molar-refractivity contribution in [1.29, 1.82) is 0 Å². The molecule has 164 valence electrons. The van der Waals surface area contributed by atoms with Gasteiger partial charge in [0.05, 0.1) is 13.7 Å². The van der Waals surface area contributed by atoms with Gasteiger partial charge in [-0.25, -0.2) is 0 Å². The number of ether oxygens (including phenoxy) is 2. The van der Waals surface area contributed by atoms with Gasteiger partial charge in [0.25, 0.3) is 0 Å². The number of amides is 2. The van der Waals surface area contributed by atoms with Crippen molar-refractivity contribution in [3.8, 4) is 11.5 Å². The Labute approximate surface area is 182 Å². The summed E-state index contributed by atoms with van der Waals surface area (Å²) in [5.74, 6) is 1.41. The second-order valence-corrected chi connectivity index (χ2v) is 8.03. The molecule has 0 bridgehead atoms. The van der Waals surface area contributed by atoms with Gasteiger partial charge in [0.15, 0.2) is 0 Å². The van der Waals surface area contributed by atoms with Crippen LogP contribution in [0.4, 0.5) is 5.69 Å². The number of para-hydroxylation sites is 1. The van der Waals surface area contributed by atoms with Crippen LogP contribution in [0.5, 0.6) is 11.5 Å². The molecule has 0 spiro atoms. The van der Waals surface area contributed by atoms with Gasteiger partial charge in [0.2, 0.25) is 11.8 Å². The number of aryl methyl sites for hydroxylation is 2. The number of hydrogen-bond acceptors (Lipinski definition) is 5. The number of nitrogens with one attached hydrogen (secondary N) is 1. The molecule has 2 N–H and O–H groups in total. The van der Waals surface area contributed by atoms with Crippen molar-refractivity contribution >= 4 is 17.5 Å². The summed E-state index contributed by atoms with van der Waals surface area (Å²) < 4.78 is 11.3. The van der Waals surface area contributed by atoms with Crippen molar-refractivity contribution in [3.05, 3.63) is 53.6 Å². The van der Waals surface area contributed by atoms with E-state index >= 15 is 0 Å².